The molecule has 0 N–H and O–H groups in total. The lowest BCUT2D eigenvalue weighted by Crippen LogP contribution is -2.44. The normalized spacial score (nSPS) is 23.1. The first-order valence-corrected chi connectivity index (χ1v) is 11.1. The van der Waals surface area contributed by atoms with Crippen LogP contribution in [0, 0.1) is 11.3 Å². The van der Waals surface area contributed by atoms with Crippen LogP contribution in [0.1, 0.15) is 56.8 Å². The van der Waals surface area contributed by atoms with E-state index in [1.807, 2.05) is 38.1 Å². The van der Waals surface area contributed by atoms with Gasteiger partial charge in [0.1, 0.15) is 5.82 Å². The Balaban J connectivity index is 0.000000882. The monoisotopic (exact) mass is 384 g/mol. The quantitative estimate of drug-likeness (QED) is 0.600. The molecular formula is C25H28N4. The van der Waals surface area contributed by atoms with Crippen LogP contribution in [0.15, 0.2) is 42.5 Å². The van der Waals surface area contributed by atoms with Gasteiger partial charge in [0.15, 0.2) is 0 Å². The summed E-state index contributed by atoms with van der Waals surface area (Å²) in [4.78, 5) is 7.85. The third-order valence-corrected chi connectivity index (χ3v) is 6.88. The average molecular weight is 385 g/mol. The van der Waals surface area contributed by atoms with E-state index in [0.717, 1.165) is 23.7 Å². The van der Waals surface area contributed by atoms with Gasteiger partial charge < -0.3 is 4.57 Å². The predicted molar refractivity (Wildman–Crippen MR) is 117 cm³/mol. The van der Waals surface area contributed by atoms with Crippen molar-refractivity contribution in [2.24, 2.45) is 0 Å². The lowest BCUT2D eigenvalue weighted by molar-refractivity contribution is 0.108. The Morgan fingerprint density at radius 1 is 0.966 bits per heavy atom. The van der Waals surface area contributed by atoms with Crippen molar-refractivity contribution < 1.29 is 0 Å². The second-order valence-electron chi connectivity index (χ2n) is 8.34. The van der Waals surface area contributed by atoms with E-state index >= 15 is 0 Å². The smallest absolute Gasteiger partial charge is 0.114 e. The molecule has 3 aromatic rings. The van der Waals surface area contributed by atoms with E-state index in [4.69, 9.17) is 10.2 Å². The largest absolute Gasteiger partial charge is 0.326 e. The Morgan fingerprint density at radius 3 is 2.41 bits per heavy atom. The van der Waals surface area contributed by atoms with E-state index in [9.17, 15) is 0 Å². The Kier molecular flexibility index (Phi) is 4.64. The average Bonchev–Trinajstić information content (AvgIpc) is 3.28. The van der Waals surface area contributed by atoms with Crippen LogP contribution in [0.5, 0.6) is 0 Å². The summed E-state index contributed by atoms with van der Waals surface area (Å²) in [7, 11) is 0. The highest BCUT2D eigenvalue weighted by atomic mass is 15.3. The van der Waals surface area contributed by atoms with Gasteiger partial charge in [0, 0.05) is 31.1 Å². The highest BCUT2D eigenvalue weighted by Crippen LogP contribution is 2.43. The summed E-state index contributed by atoms with van der Waals surface area (Å²) >= 11 is 0. The minimum atomic E-state index is 0.593. The second kappa shape index (κ2) is 7.31. The topological polar surface area (TPSA) is 44.9 Å². The summed E-state index contributed by atoms with van der Waals surface area (Å²) in [5.41, 5.74) is 5.38. The number of hydrogen-bond donors (Lipinski definition) is 0. The number of fused-ring (bicyclic) bond motifs is 6. The van der Waals surface area contributed by atoms with Gasteiger partial charge in [-0.15, -0.1) is 0 Å². The van der Waals surface area contributed by atoms with Crippen LogP contribution in [0.25, 0.3) is 22.2 Å². The first kappa shape index (κ1) is 18.4. The summed E-state index contributed by atoms with van der Waals surface area (Å²) in [6, 6.07) is 18.2. The first-order valence-electron chi connectivity index (χ1n) is 11.1. The molecule has 29 heavy (non-hydrogen) atoms. The van der Waals surface area contributed by atoms with Gasteiger partial charge >= 0.3 is 0 Å². The van der Waals surface area contributed by atoms with Gasteiger partial charge in [-0.1, -0.05) is 38.5 Å². The van der Waals surface area contributed by atoms with Gasteiger partial charge in [-0.25, -0.2) is 4.98 Å². The molecule has 0 spiro atoms. The molecule has 1 aromatic heterocycles. The van der Waals surface area contributed by atoms with Crippen LogP contribution >= 0.6 is 0 Å². The molecule has 3 aliphatic rings. The maximum absolute atomic E-state index is 8.99. The Morgan fingerprint density at radius 2 is 1.72 bits per heavy atom. The van der Waals surface area contributed by atoms with Crippen LogP contribution in [-0.2, 0) is 6.54 Å². The fraction of sp³-hybridized carbons (Fsp3) is 0.440. The van der Waals surface area contributed by atoms with Crippen LogP contribution < -0.4 is 0 Å². The van der Waals surface area contributed by atoms with Gasteiger partial charge in [0.05, 0.1) is 22.7 Å². The van der Waals surface area contributed by atoms with Crippen LogP contribution in [0.4, 0.5) is 0 Å². The van der Waals surface area contributed by atoms with Crippen LogP contribution in [0.3, 0.4) is 0 Å². The molecule has 1 saturated heterocycles. The number of rotatable bonds is 2. The maximum Gasteiger partial charge on any atom is 0.114 e. The fourth-order valence-corrected chi connectivity index (χ4v) is 5.25. The molecule has 1 saturated carbocycles. The van der Waals surface area contributed by atoms with Crippen molar-refractivity contribution >= 4 is 11.0 Å². The Bertz CT molecular complexity index is 1070. The Hall–Kier alpha value is -2.64. The van der Waals surface area contributed by atoms with Crippen molar-refractivity contribution in [3.05, 3.63) is 53.9 Å². The standard InChI is InChI=1S/C23H22N4.C2H6/c24-12-15-4-6-16(7-5-15)17-8-9-22-21(11-17)25-23-18-10-20(14-27(22)23)26(13-18)19-2-1-3-19;1-2/h4-9,11,18-20H,1-3,10,13-14H2;1-2H3. The summed E-state index contributed by atoms with van der Waals surface area (Å²) in [6.07, 6.45) is 5.47. The molecule has 3 heterocycles. The van der Waals surface area contributed by atoms with E-state index in [2.05, 4.69) is 33.7 Å². The molecule has 0 amide bonds. The van der Waals surface area contributed by atoms with Crippen molar-refractivity contribution in [2.45, 2.75) is 64.1 Å². The third kappa shape index (κ3) is 2.96. The third-order valence-electron chi connectivity index (χ3n) is 6.88. The van der Waals surface area contributed by atoms with Gasteiger partial charge in [0.2, 0.25) is 0 Å². The number of nitriles is 1. The summed E-state index contributed by atoms with van der Waals surface area (Å²) in [6.45, 7) is 6.29. The van der Waals surface area contributed by atoms with Crippen LogP contribution in [0.2, 0.25) is 0 Å². The zero-order chi connectivity index (χ0) is 20.0. The molecule has 2 bridgehead atoms. The number of nitrogens with zero attached hydrogens (tertiary/aromatic N) is 4. The number of likely N-dealkylation sites (tertiary alicyclic amines) is 1. The van der Waals surface area contributed by atoms with E-state index in [1.54, 1.807) is 0 Å². The molecule has 2 unspecified atom stereocenters. The summed E-state index contributed by atoms with van der Waals surface area (Å²) in [5, 5.41) is 8.99. The SMILES string of the molecule is CC.N#Cc1ccc(-c2ccc3c(c2)nc2n3CC3CC2CN3C2CCC2)cc1. The maximum atomic E-state index is 8.99. The minimum absolute atomic E-state index is 0.593. The molecule has 148 valence electrons. The highest BCUT2D eigenvalue weighted by molar-refractivity contribution is 5.83. The molecule has 4 heteroatoms. The van der Waals surface area contributed by atoms with E-state index in [0.29, 0.717) is 17.5 Å². The van der Waals surface area contributed by atoms with Crippen molar-refractivity contribution in [1.82, 2.24) is 14.5 Å². The molecule has 0 radical (unpaired) electrons. The lowest BCUT2D eigenvalue weighted by atomic mass is 9.91. The van der Waals surface area contributed by atoms with Crippen molar-refractivity contribution in [3.8, 4) is 17.2 Å². The number of aromatic nitrogens is 2. The van der Waals surface area contributed by atoms with Crippen molar-refractivity contribution in [1.29, 1.82) is 5.26 Å². The van der Waals surface area contributed by atoms with Gasteiger partial charge in [-0.3, -0.25) is 4.90 Å². The second-order valence-corrected chi connectivity index (χ2v) is 8.34. The van der Waals surface area contributed by atoms with Gasteiger partial charge in [-0.2, -0.15) is 5.26 Å². The molecule has 2 aromatic carbocycles. The summed E-state index contributed by atoms with van der Waals surface area (Å²) in [5.74, 6) is 1.88. The number of hydrogen-bond acceptors (Lipinski definition) is 3. The van der Waals surface area contributed by atoms with Gasteiger partial charge in [-0.05, 0) is 54.7 Å². The molecule has 2 atom stereocenters. The zero-order valence-electron chi connectivity index (χ0n) is 17.3. The molecule has 2 fully saturated rings. The van der Waals surface area contributed by atoms with E-state index in [-0.39, 0.29) is 0 Å². The van der Waals surface area contributed by atoms with E-state index in [1.165, 1.54) is 49.1 Å². The van der Waals surface area contributed by atoms with Crippen molar-refractivity contribution in [3.63, 3.8) is 0 Å². The minimum Gasteiger partial charge on any atom is -0.326 e. The summed E-state index contributed by atoms with van der Waals surface area (Å²) < 4.78 is 2.48. The molecular weight excluding hydrogens is 356 g/mol. The number of benzene rings is 2. The van der Waals surface area contributed by atoms with Crippen LogP contribution in [-0.4, -0.2) is 33.1 Å². The Labute approximate surface area is 172 Å². The zero-order valence-corrected chi connectivity index (χ0v) is 17.3. The molecule has 2 aliphatic heterocycles. The highest BCUT2D eigenvalue weighted by Gasteiger charge is 2.44. The molecule has 6 rings (SSSR count). The number of imidazole rings is 1. The fourth-order valence-electron chi connectivity index (χ4n) is 5.25. The predicted octanol–water partition coefficient (Wildman–Crippen LogP) is 5.33. The van der Waals surface area contributed by atoms with Crippen molar-refractivity contribution in [2.75, 3.05) is 6.54 Å². The first-order chi connectivity index (χ1) is 14.3. The molecule has 4 nitrogen and oxygen atoms in total. The lowest BCUT2D eigenvalue weighted by Gasteiger charge is -2.38. The van der Waals surface area contributed by atoms with Gasteiger partial charge in [0.25, 0.3) is 0 Å². The van der Waals surface area contributed by atoms with E-state index < -0.39 is 0 Å². The molecule has 1 aliphatic carbocycles.